The van der Waals surface area contributed by atoms with E-state index in [-0.39, 0.29) is 0 Å². The van der Waals surface area contributed by atoms with Crippen molar-refractivity contribution in [3.8, 4) is 0 Å². The molecule has 0 saturated carbocycles. The first kappa shape index (κ1) is 13.2. The molecule has 0 fully saturated rings. The highest BCUT2D eigenvalue weighted by Crippen LogP contribution is 2.14. The number of thiocarbonyl (C=S) groups is 1. The molecule has 0 spiro atoms. The van der Waals surface area contributed by atoms with Gasteiger partial charge >= 0.3 is 0 Å². The van der Waals surface area contributed by atoms with Crippen molar-refractivity contribution in [2.45, 2.75) is 0 Å². The zero-order chi connectivity index (χ0) is 13.5. The highest BCUT2D eigenvalue weighted by Gasteiger charge is 1.93. The third-order valence-electron chi connectivity index (χ3n) is 2.56. The number of benzene rings is 2. The standard InChI is InChI=1S/C15H15N3S/c1-2-9-16-15(19)18-17-11-12-7-8-13-5-3-4-6-14(13)10-12/h2-8,10-11H,1,9H2,(H2,16,18,19)/b17-11-. The van der Waals surface area contributed by atoms with Gasteiger partial charge in [0.15, 0.2) is 5.11 Å². The van der Waals surface area contributed by atoms with Gasteiger partial charge in [-0.15, -0.1) is 6.58 Å². The van der Waals surface area contributed by atoms with Crippen LogP contribution in [0.2, 0.25) is 0 Å². The summed E-state index contributed by atoms with van der Waals surface area (Å²) >= 11 is 5.03. The molecule has 0 bridgehead atoms. The Bertz CT molecular complexity index is 620. The molecule has 2 aromatic carbocycles. The molecule has 0 aliphatic rings. The normalized spacial score (nSPS) is 10.5. The molecule has 0 aromatic heterocycles. The van der Waals surface area contributed by atoms with Crippen LogP contribution in [-0.2, 0) is 0 Å². The lowest BCUT2D eigenvalue weighted by molar-refractivity contribution is 0.942. The molecule has 4 heteroatoms. The summed E-state index contributed by atoms with van der Waals surface area (Å²) in [6, 6.07) is 14.4. The van der Waals surface area contributed by atoms with Crippen LogP contribution in [0.25, 0.3) is 10.8 Å². The number of hydrogen-bond donors (Lipinski definition) is 2. The molecule has 2 N–H and O–H groups in total. The van der Waals surface area contributed by atoms with Crippen LogP contribution in [-0.4, -0.2) is 17.9 Å². The minimum absolute atomic E-state index is 0.483. The fourth-order valence-corrected chi connectivity index (χ4v) is 1.79. The molecule has 0 atom stereocenters. The van der Waals surface area contributed by atoms with E-state index in [9.17, 15) is 0 Å². The smallest absolute Gasteiger partial charge is 0.187 e. The largest absolute Gasteiger partial charge is 0.358 e. The lowest BCUT2D eigenvalue weighted by atomic mass is 10.1. The van der Waals surface area contributed by atoms with E-state index in [0.717, 1.165) is 5.56 Å². The summed E-state index contributed by atoms with van der Waals surface area (Å²) in [7, 11) is 0. The minimum Gasteiger partial charge on any atom is -0.358 e. The molecule has 0 amide bonds. The average Bonchev–Trinajstić information content (AvgIpc) is 2.45. The number of hydrogen-bond acceptors (Lipinski definition) is 2. The van der Waals surface area contributed by atoms with Crippen LogP contribution in [0.3, 0.4) is 0 Å². The first-order valence-electron chi connectivity index (χ1n) is 5.96. The first-order valence-corrected chi connectivity index (χ1v) is 6.37. The summed E-state index contributed by atoms with van der Waals surface area (Å²) in [6.45, 7) is 4.22. The molecule has 96 valence electrons. The van der Waals surface area contributed by atoms with E-state index in [1.165, 1.54) is 10.8 Å². The van der Waals surface area contributed by atoms with Crippen LogP contribution < -0.4 is 10.7 Å². The second kappa shape index (κ2) is 6.66. The van der Waals surface area contributed by atoms with Gasteiger partial charge in [-0.1, -0.05) is 42.5 Å². The monoisotopic (exact) mass is 269 g/mol. The van der Waals surface area contributed by atoms with Crippen molar-refractivity contribution in [3.63, 3.8) is 0 Å². The van der Waals surface area contributed by atoms with Gasteiger partial charge in [-0.3, -0.25) is 5.43 Å². The van der Waals surface area contributed by atoms with Crippen molar-refractivity contribution in [2.24, 2.45) is 5.10 Å². The predicted octanol–water partition coefficient (Wildman–Crippen LogP) is 2.82. The Morgan fingerprint density at radius 3 is 2.79 bits per heavy atom. The molecule has 0 saturated heterocycles. The van der Waals surface area contributed by atoms with Gasteiger partial charge in [0, 0.05) is 6.54 Å². The van der Waals surface area contributed by atoms with Crippen molar-refractivity contribution in [2.75, 3.05) is 6.54 Å². The van der Waals surface area contributed by atoms with Crippen LogP contribution in [0.15, 0.2) is 60.2 Å². The Morgan fingerprint density at radius 1 is 1.21 bits per heavy atom. The SMILES string of the molecule is C=CCNC(=S)N/N=C\c1ccc2ccccc2c1. The maximum Gasteiger partial charge on any atom is 0.187 e. The van der Waals surface area contributed by atoms with Crippen molar-refractivity contribution in [1.29, 1.82) is 0 Å². The van der Waals surface area contributed by atoms with E-state index < -0.39 is 0 Å². The Labute approximate surface area is 118 Å². The Morgan fingerprint density at radius 2 is 2.00 bits per heavy atom. The molecule has 2 rings (SSSR count). The zero-order valence-electron chi connectivity index (χ0n) is 10.5. The van der Waals surface area contributed by atoms with Gasteiger partial charge in [0.2, 0.25) is 0 Å². The Balaban J connectivity index is 2.00. The first-order chi connectivity index (χ1) is 9.29. The van der Waals surface area contributed by atoms with E-state index in [2.05, 4.69) is 46.7 Å². The van der Waals surface area contributed by atoms with Gasteiger partial charge < -0.3 is 5.32 Å². The van der Waals surface area contributed by atoms with Crippen LogP contribution in [0.1, 0.15) is 5.56 Å². The predicted molar refractivity (Wildman–Crippen MR) is 85.5 cm³/mol. The fourth-order valence-electron chi connectivity index (χ4n) is 1.66. The molecular formula is C15H15N3S. The van der Waals surface area contributed by atoms with Crippen LogP contribution in [0.5, 0.6) is 0 Å². The topological polar surface area (TPSA) is 36.4 Å². The molecule has 0 aliphatic carbocycles. The quantitative estimate of drug-likeness (QED) is 0.388. The summed E-state index contributed by atoms with van der Waals surface area (Å²) in [4.78, 5) is 0. The van der Waals surface area contributed by atoms with Gasteiger partial charge in [-0.2, -0.15) is 5.10 Å². The van der Waals surface area contributed by atoms with E-state index in [4.69, 9.17) is 12.2 Å². The zero-order valence-corrected chi connectivity index (χ0v) is 11.3. The van der Waals surface area contributed by atoms with Gasteiger partial charge in [-0.05, 0) is 34.6 Å². The van der Waals surface area contributed by atoms with Crippen LogP contribution >= 0.6 is 12.2 Å². The lowest BCUT2D eigenvalue weighted by Crippen LogP contribution is -2.31. The molecule has 0 radical (unpaired) electrons. The highest BCUT2D eigenvalue weighted by molar-refractivity contribution is 7.80. The molecule has 3 nitrogen and oxygen atoms in total. The molecular weight excluding hydrogens is 254 g/mol. The molecule has 0 aliphatic heterocycles. The summed E-state index contributed by atoms with van der Waals surface area (Å²) < 4.78 is 0. The molecule has 19 heavy (non-hydrogen) atoms. The molecule has 0 unspecified atom stereocenters. The molecule has 2 aromatic rings. The van der Waals surface area contributed by atoms with E-state index in [1.807, 2.05) is 18.2 Å². The van der Waals surface area contributed by atoms with Gasteiger partial charge in [0.25, 0.3) is 0 Å². The third kappa shape index (κ3) is 3.89. The average molecular weight is 269 g/mol. The Kier molecular flexibility index (Phi) is 4.64. The van der Waals surface area contributed by atoms with E-state index >= 15 is 0 Å². The van der Waals surface area contributed by atoms with Crippen molar-refractivity contribution < 1.29 is 0 Å². The van der Waals surface area contributed by atoms with Crippen LogP contribution in [0.4, 0.5) is 0 Å². The van der Waals surface area contributed by atoms with Gasteiger partial charge in [-0.25, -0.2) is 0 Å². The summed E-state index contributed by atoms with van der Waals surface area (Å²) in [5.41, 5.74) is 3.78. The highest BCUT2D eigenvalue weighted by atomic mass is 32.1. The van der Waals surface area contributed by atoms with Crippen molar-refractivity contribution >= 4 is 34.3 Å². The third-order valence-corrected chi connectivity index (χ3v) is 2.80. The van der Waals surface area contributed by atoms with E-state index in [1.54, 1.807) is 12.3 Å². The van der Waals surface area contributed by atoms with Gasteiger partial charge in [0.05, 0.1) is 6.21 Å². The molecule has 0 heterocycles. The maximum absolute atomic E-state index is 5.03. The maximum atomic E-state index is 5.03. The second-order valence-electron chi connectivity index (χ2n) is 3.98. The van der Waals surface area contributed by atoms with Gasteiger partial charge in [0.1, 0.15) is 0 Å². The Hall–Kier alpha value is -2.20. The fraction of sp³-hybridized carbons (Fsp3) is 0.0667. The number of hydrazone groups is 1. The number of rotatable bonds is 4. The summed E-state index contributed by atoms with van der Waals surface area (Å²) in [5.74, 6) is 0. The van der Waals surface area contributed by atoms with E-state index in [0.29, 0.717) is 11.7 Å². The number of nitrogens with one attached hydrogen (secondary N) is 2. The van der Waals surface area contributed by atoms with Crippen molar-refractivity contribution in [1.82, 2.24) is 10.7 Å². The number of nitrogens with zero attached hydrogens (tertiary/aromatic N) is 1. The second-order valence-corrected chi connectivity index (χ2v) is 4.38. The lowest BCUT2D eigenvalue weighted by Gasteiger charge is -2.03. The summed E-state index contributed by atoms with van der Waals surface area (Å²) in [5, 5.41) is 9.92. The minimum atomic E-state index is 0.483. The van der Waals surface area contributed by atoms with Crippen molar-refractivity contribution in [3.05, 3.63) is 60.7 Å². The summed E-state index contributed by atoms with van der Waals surface area (Å²) in [6.07, 6.45) is 3.48. The van der Waals surface area contributed by atoms with Crippen LogP contribution in [0, 0.1) is 0 Å². The number of fused-ring (bicyclic) bond motifs is 1.